The molecule has 0 heterocycles. The van der Waals surface area contributed by atoms with Crippen LogP contribution in [0.25, 0.3) is 0 Å². The summed E-state index contributed by atoms with van der Waals surface area (Å²) in [7, 11) is 0. The van der Waals surface area contributed by atoms with Gasteiger partial charge >= 0.3 is 6.18 Å². The van der Waals surface area contributed by atoms with E-state index < -0.39 is 17.6 Å². The van der Waals surface area contributed by atoms with Crippen LogP contribution in [-0.2, 0) is 15.8 Å². The van der Waals surface area contributed by atoms with Gasteiger partial charge in [-0.2, -0.15) is 13.2 Å². The summed E-state index contributed by atoms with van der Waals surface area (Å²) in [4.78, 5) is 23.1. The van der Waals surface area contributed by atoms with Crippen LogP contribution in [0.5, 0.6) is 0 Å². The van der Waals surface area contributed by atoms with Crippen LogP contribution in [0.1, 0.15) is 44.6 Å². The maximum atomic E-state index is 12.4. The highest BCUT2D eigenvalue weighted by molar-refractivity contribution is 5.94. The molecule has 0 unspecified atom stereocenters. The molecule has 4 nitrogen and oxygen atoms in total. The SMILES string of the molecule is CCCCCCC(=O)NCC(=O)Nc1ccc(C(F)(F)F)cc1. The molecule has 2 N–H and O–H groups in total. The normalized spacial score (nSPS) is 11.1. The summed E-state index contributed by atoms with van der Waals surface area (Å²) in [5, 5.41) is 4.92. The molecular weight excluding hydrogens is 309 g/mol. The number of unbranched alkanes of at least 4 members (excludes halogenated alkanes) is 3. The molecule has 7 heteroatoms. The number of alkyl halides is 3. The second-order valence-corrected chi connectivity index (χ2v) is 5.21. The monoisotopic (exact) mass is 330 g/mol. The predicted octanol–water partition coefficient (Wildman–Crippen LogP) is 3.73. The highest BCUT2D eigenvalue weighted by atomic mass is 19.4. The summed E-state index contributed by atoms with van der Waals surface area (Å²) >= 11 is 0. The minimum absolute atomic E-state index is 0.201. The molecule has 128 valence electrons. The van der Waals surface area contributed by atoms with E-state index in [1.54, 1.807) is 0 Å². The molecular formula is C16H21F3N2O2. The number of hydrogen-bond acceptors (Lipinski definition) is 2. The van der Waals surface area contributed by atoms with E-state index in [0.29, 0.717) is 6.42 Å². The zero-order valence-corrected chi connectivity index (χ0v) is 13.0. The largest absolute Gasteiger partial charge is 0.416 e. The molecule has 1 aromatic carbocycles. The Balaban J connectivity index is 2.32. The van der Waals surface area contributed by atoms with Crippen LogP contribution < -0.4 is 10.6 Å². The van der Waals surface area contributed by atoms with E-state index in [2.05, 4.69) is 17.6 Å². The van der Waals surface area contributed by atoms with Crippen molar-refractivity contribution in [2.24, 2.45) is 0 Å². The Morgan fingerprint density at radius 1 is 1.00 bits per heavy atom. The zero-order chi connectivity index (χ0) is 17.3. The van der Waals surface area contributed by atoms with E-state index in [4.69, 9.17) is 0 Å². The van der Waals surface area contributed by atoms with Gasteiger partial charge in [0.1, 0.15) is 0 Å². The van der Waals surface area contributed by atoms with Crippen LogP contribution in [-0.4, -0.2) is 18.4 Å². The lowest BCUT2D eigenvalue weighted by Gasteiger charge is -2.09. The molecule has 1 aromatic rings. The third-order valence-corrected chi connectivity index (χ3v) is 3.20. The molecule has 0 bridgehead atoms. The molecule has 0 aliphatic carbocycles. The molecule has 0 aliphatic rings. The lowest BCUT2D eigenvalue weighted by atomic mass is 10.1. The van der Waals surface area contributed by atoms with E-state index in [1.165, 1.54) is 12.1 Å². The lowest BCUT2D eigenvalue weighted by Crippen LogP contribution is -2.32. The van der Waals surface area contributed by atoms with Crippen molar-refractivity contribution in [3.8, 4) is 0 Å². The first kappa shape index (κ1) is 19.0. The van der Waals surface area contributed by atoms with Crippen molar-refractivity contribution in [2.75, 3.05) is 11.9 Å². The first-order valence-electron chi connectivity index (χ1n) is 7.56. The fraction of sp³-hybridized carbons (Fsp3) is 0.500. The quantitative estimate of drug-likeness (QED) is 0.714. The van der Waals surface area contributed by atoms with E-state index in [9.17, 15) is 22.8 Å². The first-order valence-corrected chi connectivity index (χ1v) is 7.56. The van der Waals surface area contributed by atoms with Crippen molar-refractivity contribution in [3.05, 3.63) is 29.8 Å². The van der Waals surface area contributed by atoms with Crippen LogP contribution in [0.4, 0.5) is 18.9 Å². The Labute approximate surface area is 133 Å². The number of rotatable bonds is 8. The van der Waals surface area contributed by atoms with Gasteiger partial charge < -0.3 is 10.6 Å². The molecule has 0 aromatic heterocycles. The summed E-state index contributed by atoms with van der Waals surface area (Å²) in [6.07, 6.45) is -0.136. The molecule has 0 radical (unpaired) electrons. The standard InChI is InChI=1S/C16H21F3N2O2/c1-2-3-4-5-6-14(22)20-11-15(23)21-13-9-7-12(8-10-13)16(17,18)19/h7-10H,2-6,11H2,1H3,(H,20,22)(H,21,23). The fourth-order valence-corrected chi connectivity index (χ4v) is 1.93. The second-order valence-electron chi connectivity index (χ2n) is 5.21. The van der Waals surface area contributed by atoms with Gasteiger partial charge in [0, 0.05) is 12.1 Å². The second kappa shape index (κ2) is 9.17. The maximum Gasteiger partial charge on any atom is 0.416 e. The summed E-state index contributed by atoms with van der Waals surface area (Å²) in [6.45, 7) is 1.87. The summed E-state index contributed by atoms with van der Waals surface area (Å²) in [5.74, 6) is -0.685. The molecule has 0 atom stereocenters. The topological polar surface area (TPSA) is 58.2 Å². The number of hydrogen-bond donors (Lipinski definition) is 2. The van der Waals surface area contributed by atoms with Crippen molar-refractivity contribution in [1.82, 2.24) is 5.32 Å². The third kappa shape index (κ3) is 7.67. The van der Waals surface area contributed by atoms with Crippen LogP contribution in [0.15, 0.2) is 24.3 Å². The van der Waals surface area contributed by atoms with Gasteiger partial charge in [-0.1, -0.05) is 26.2 Å². The Bertz CT molecular complexity index is 513. The molecule has 23 heavy (non-hydrogen) atoms. The van der Waals surface area contributed by atoms with Gasteiger partial charge in [0.15, 0.2) is 0 Å². The summed E-state index contributed by atoms with van der Waals surface area (Å²) < 4.78 is 37.2. The van der Waals surface area contributed by atoms with Gasteiger partial charge in [-0.05, 0) is 30.7 Å². The molecule has 0 fully saturated rings. The molecule has 0 aliphatic heterocycles. The zero-order valence-electron chi connectivity index (χ0n) is 13.0. The molecule has 1 rings (SSSR count). The van der Waals surface area contributed by atoms with Gasteiger partial charge in [-0.3, -0.25) is 9.59 Å². The summed E-state index contributed by atoms with van der Waals surface area (Å²) in [5.41, 5.74) is -0.531. The molecule has 0 spiro atoms. The van der Waals surface area contributed by atoms with Gasteiger partial charge in [-0.15, -0.1) is 0 Å². The Hall–Kier alpha value is -2.05. The number of carbonyl (C=O) groups excluding carboxylic acids is 2. The number of nitrogens with one attached hydrogen (secondary N) is 2. The maximum absolute atomic E-state index is 12.4. The van der Waals surface area contributed by atoms with Crippen molar-refractivity contribution in [2.45, 2.75) is 45.2 Å². The molecule has 0 saturated carbocycles. The van der Waals surface area contributed by atoms with Gasteiger partial charge in [-0.25, -0.2) is 0 Å². The van der Waals surface area contributed by atoms with E-state index >= 15 is 0 Å². The number of amides is 2. The van der Waals surface area contributed by atoms with E-state index in [0.717, 1.165) is 37.8 Å². The first-order chi connectivity index (χ1) is 10.8. The number of benzene rings is 1. The fourth-order valence-electron chi connectivity index (χ4n) is 1.93. The molecule has 2 amide bonds. The Kier molecular flexibility index (Phi) is 7.57. The smallest absolute Gasteiger partial charge is 0.347 e. The Morgan fingerprint density at radius 3 is 2.22 bits per heavy atom. The van der Waals surface area contributed by atoms with Crippen molar-refractivity contribution in [1.29, 1.82) is 0 Å². The van der Waals surface area contributed by atoms with Gasteiger partial charge in [0.25, 0.3) is 0 Å². The average molecular weight is 330 g/mol. The average Bonchev–Trinajstić information content (AvgIpc) is 2.49. The number of carbonyl (C=O) groups is 2. The number of halogens is 3. The van der Waals surface area contributed by atoms with Crippen LogP contribution >= 0.6 is 0 Å². The third-order valence-electron chi connectivity index (χ3n) is 3.20. The minimum Gasteiger partial charge on any atom is -0.347 e. The van der Waals surface area contributed by atoms with E-state index in [-0.39, 0.29) is 18.1 Å². The van der Waals surface area contributed by atoms with Crippen molar-refractivity contribution in [3.63, 3.8) is 0 Å². The van der Waals surface area contributed by atoms with E-state index in [1.807, 2.05) is 0 Å². The van der Waals surface area contributed by atoms with Crippen LogP contribution in [0.2, 0.25) is 0 Å². The van der Waals surface area contributed by atoms with Crippen LogP contribution in [0.3, 0.4) is 0 Å². The number of anilines is 1. The van der Waals surface area contributed by atoms with Gasteiger partial charge in [0.05, 0.1) is 12.1 Å². The summed E-state index contributed by atoms with van der Waals surface area (Å²) in [6, 6.07) is 4.13. The highest BCUT2D eigenvalue weighted by Gasteiger charge is 2.29. The minimum atomic E-state index is -4.41. The van der Waals surface area contributed by atoms with Crippen molar-refractivity contribution >= 4 is 17.5 Å². The van der Waals surface area contributed by atoms with Gasteiger partial charge in [0.2, 0.25) is 11.8 Å². The van der Waals surface area contributed by atoms with Crippen LogP contribution in [0, 0.1) is 0 Å². The lowest BCUT2D eigenvalue weighted by molar-refractivity contribution is -0.137. The predicted molar refractivity (Wildman–Crippen MR) is 81.8 cm³/mol. The molecule has 0 saturated heterocycles. The highest BCUT2D eigenvalue weighted by Crippen LogP contribution is 2.29. The van der Waals surface area contributed by atoms with Crippen molar-refractivity contribution < 1.29 is 22.8 Å². The Morgan fingerprint density at radius 2 is 1.65 bits per heavy atom.